The molecule has 0 radical (unpaired) electrons. The van der Waals surface area contributed by atoms with Crippen LogP contribution in [0, 0.1) is 0 Å². The van der Waals surface area contributed by atoms with Crippen LogP contribution < -0.4 is 5.73 Å². The van der Waals surface area contributed by atoms with Gasteiger partial charge in [0.05, 0.1) is 0 Å². The van der Waals surface area contributed by atoms with Gasteiger partial charge in [-0.1, -0.05) is 23.7 Å². The number of halogens is 1. The molecule has 0 heterocycles. The van der Waals surface area contributed by atoms with Gasteiger partial charge in [-0.3, -0.25) is 0 Å². The highest BCUT2D eigenvalue weighted by Gasteiger charge is 2.26. The molecule has 0 bridgehead atoms. The van der Waals surface area contributed by atoms with Crippen molar-refractivity contribution in [3.05, 3.63) is 34.9 Å². The van der Waals surface area contributed by atoms with Crippen LogP contribution >= 0.6 is 11.6 Å². The maximum atomic E-state index is 5.88. The standard InChI is InChI=1S/C10H12ClN/c11-9-3-1-2-7(4-9)8-5-10(12)6-8/h1-4,8,10H,5-6,12H2/t8-,10-. The molecule has 1 aliphatic carbocycles. The summed E-state index contributed by atoms with van der Waals surface area (Å²) < 4.78 is 0. The van der Waals surface area contributed by atoms with Crippen LogP contribution in [0.1, 0.15) is 24.3 Å². The molecule has 1 nitrogen and oxygen atoms in total. The number of benzene rings is 1. The maximum Gasteiger partial charge on any atom is 0.0408 e. The van der Waals surface area contributed by atoms with Gasteiger partial charge in [-0.15, -0.1) is 0 Å². The van der Waals surface area contributed by atoms with Crippen molar-refractivity contribution in [1.82, 2.24) is 0 Å². The molecule has 2 rings (SSSR count). The summed E-state index contributed by atoms with van der Waals surface area (Å²) in [5.41, 5.74) is 7.05. The lowest BCUT2D eigenvalue weighted by Crippen LogP contribution is -2.34. The molecule has 2 N–H and O–H groups in total. The largest absolute Gasteiger partial charge is 0.328 e. The Hall–Kier alpha value is -0.530. The minimum Gasteiger partial charge on any atom is -0.328 e. The molecule has 1 aliphatic rings. The van der Waals surface area contributed by atoms with E-state index >= 15 is 0 Å². The first-order chi connectivity index (χ1) is 5.75. The molecule has 1 saturated carbocycles. The summed E-state index contributed by atoms with van der Waals surface area (Å²) in [6, 6.07) is 8.49. The fraction of sp³-hybridized carbons (Fsp3) is 0.400. The molecule has 64 valence electrons. The van der Waals surface area contributed by atoms with E-state index in [1.165, 1.54) is 5.56 Å². The Kier molecular flexibility index (Phi) is 2.07. The van der Waals surface area contributed by atoms with Crippen LogP contribution in [0.5, 0.6) is 0 Å². The predicted molar refractivity (Wildman–Crippen MR) is 51.4 cm³/mol. The number of hydrogen-bond acceptors (Lipinski definition) is 1. The van der Waals surface area contributed by atoms with Gasteiger partial charge >= 0.3 is 0 Å². The smallest absolute Gasteiger partial charge is 0.0408 e. The molecule has 0 saturated heterocycles. The summed E-state index contributed by atoms with van der Waals surface area (Å²) in [4.78, 5) is 0. The SMILES string of the molecule is N[C@H]1C[C@H](c2cccc(Cl)c2)C1. The Balaban J connectivity index is 2.13. The van der Waals surface area contributed by atoms with Crippen molar-refractivity contribution in [2.45, 2.75) is 24.8 Å². The lowest BCUT2D eigenvalue weighted by molar-refractivity contribution is 0.351. The minimum atomic E-state index is 0.411. The Morgan fingerprint density at radius 1 is 1.33 bits per heavy atom. The van der Waals surface area contributed by atoms with Gasteiger partial charge in [0.25, 0.3) is 0 Å². The third-order valence-corrected chi connectivity index (χ3v) is 2.73. The van der Waals surface area contributed by atoms with Gasteiger partial charge in [0.2, 0.25) is 0 Å². The van der Waals surface area contributed by atoms with Crippen molar-refractivity contribution in [3.8, 4) is 0 Å². The van der Waals surface area contributed by atoms with Crippen molar-refractivity contribution in [2.24, 2.45) is 5.73 Å². The van der Waals surface area contributed by atoms with Crippen LogP contribution in [0.25, 0.3) is 0 Å². The Labute approximate surface area is 77.5 Å². The average molecular weight is 182 g/mol. The first-order valence-corrected chi connectivity index (χ1v) is 4.64. The molecule has 0 spiro atoms. The zero-order chi connectivity index (χ0) is 8.55. The summed E-state index contributed by atoms with van der Waals surface area (Å²) in [5, 5.41) is 0.827. The monoisotopic (exact) mass is 181 g/mol. The molecule has 1 fully saturated rings. The third-order valence-electron chi connectivity index (χ3n) is 2.49. The van der Waals surface area contributed by atoms with Gasteiger partial charge in [-0.25, -0.2) is 0 Å². The molecule has 0 unspecified atom stereocenters. The number of rotatable bonds is 1. The van der Waals surface area contributed by atoms with Crippen molar-refractivity contribution in [1.29, 1.82) is 0 Å². The topological polar surface area (TPSA) is 26.0 Å². The highest BCUT2D eigenvalue weighted by atomic mass is 35.5. The molecule has 12 heavy (non-hydrogen) atoms. The molecule has 0 atom stereocenters. The predicted octanol–water partition coefficient (Wildman–Crippen LogP) is 2.54. The minimum absolute atomic E-state index is 0.411. The van der Waals surface area contributed by atoms with Gasteiger partial charge in [-0.05, 0) is 36.5 Å². The Morgan fingerprint density at radius 2 is 2.08 bits per heavy atom. The summed E-state index contributed by atoms with van der Waals surface area (Å²) in [5.74, 6) is 0.652. The lowest BCUT2D eigenvalue weighted by atomic mass is 9.76. The maximum absolute atomic E-state index is 5.88. The number of nitrogens with two attached hydrogens (primary N) is 1. The van der Waals surface area contributed by atoms with Crippen molar-refractivity contribution in [2.75, 3.05) is 0 Å². The van der Waals surface area contributed by atoms with E-state index in [2.05, 4.69) is 6.07 Å². The molecular formula is C10H12ClN. The van der Waals surface area contributed by atoms with Crippen LogP contribution in [0.2, 0.25) is 5.02 Å². The average Bonchev–Trinajstić information content (AvgIpc) is 1.99. The van der Waals surface area contributed by atoms with Gasteiger partial charge in [0, 0.05) is 11.1 Å². The van der Waals surface area contributed by atoms with E-state index in [4.69, 9.17) is 17.3 Å². The van der Waals surface area contributed by atoms with Gasteiger partial charge in [0.1, 0.15) is 0 Å². The molecule has 0 aliphatic heterocycles. The van der Waals surface area contributed by atoms with E-state index in [1.807, 2.05) is 18.2 Å². The number of hydrogen-bond donors (Lipinski definition) is 1. The van der Waals surface area contributed by atoms with Gasteiger partial charge in [-0.2, -0.15) is 0 Å². The van der Waals surface area contributed by atoms with Crippen molar-refractivity contribution >= 4 is 11.6 Å². The second kappa shape index (κ2) is 3.08. The Bertz CT molecular complexity index is 279. The fourth-order valence-corrected chi connectivity index (χ4v) is 1.89. The third kappa shape index (κ3) is 1.47. The summed E-state index contributed by atoms with van der Waals surface area (Å²) in [6.45, 7) is 0. The Morgan fingerprint density at radius 3 is 2.67 bits per heavy atom. The molecule has 1 aromatic carbocycles. The van der Waals surface area contributed by atoms with E-state index in [0.29, 0.717) is 12.0 Å². The van der Waals surface area contributed by atoms with E-state index in [0.717, 1.165) is 17.9 Å². The van der Waals surface area contributed by atoms with Crippen molar-refractivity contribution in [3.63, 3.8) is 0 Å². The van der Waals surface area contributed by atoms with Crippen LogP contribution in [0.15, 0.2) is 24.3 Å². The zero-order valence-electron chi connectivity index (χ0n) is 6.83. The van der Waals surface area contributed by atoms with E-state index in [-0.39, 0.29) is 0 Å². The second-order valence-electron chi connectivity index (χ2n) is 3.48. The molecule has 0 aromatic heterocycles. The molecule has 0 amide bonds. The first-order valence-electron chi connectivity index (χ1n) is 4.27. The normalized spacial score (nSPS) is 28.2. The van der Waals surface area contributed by atoms with Crippen LogP contribution in [-0.4, -0.2) is 6.04 Å². The molecule has 2 heteroatoms. The fourth-order valence-electron chi connectivity index (χ4n) is 1.69. The van der Waals surface area contributed by atoms with E-state index in [1.54, 1.807) is 0 Å². The van der Waals surface area contributed by atoms with Crippen LogP contribution in [0.3, 0.4) is 0 Å². The van der Waals surface area contributed by atoms with E-state index < -0.39 is 0 Å². The first kappa shape index (κ1) is 8.09. The summed E-state index contributed by atoms with van der Waals surface area (Å²) in [7, 11) is 0. The highest BCUT2D eigenvalue weighted by molar-refractivity contribution is 6.30. The highest BCUT2D eigenvalue weighted by Crippen LogP contribution is 2.36. The van der Waals surface area contributed by atoms with Gasteiger partial charge in [0.15, 0.2) is 0 Å². The quantitative estimate of drug-likeness (QED) is 0.708. The molecule has 1 aromatic rings. The van der Waals surface area contributed by atoms with Crippen LogP contribution in [0.4, 0.5) is 0 Å². The lowest BCUT2D eigenvalue weighted by Gasteiger charge is -2.32. The second-order valence-corrected chi connectivity index (χ2v) is 3.92. The van der Waals surface area contributed by atoms with Gasteiger partial charge < -0.3 is 5.73 Å². The summed E-state index contributed by atoms with van der Waals surface area (Å²) in [6.07, 6.45) is 2.22. The van der Waals surface area contributed by atoms with Crippen LogP contribution in [-0.2, 0) is 0 Å². The summed E-state index contributed by atoms with van der Waals surface area (Å²) >= 11 is 5.88. The van der Waals surface area contributed by atoms with Crippen molar-refractivity contribution < 1.29 is 0 Å². The molecular weight excluding hydrogens is 170 g/mol. The zero-order valence-corrected chi connectivity index (χ0v) is 7.59. The van der Waals surface area contributed by atoms with E-state index in [9.17, 15) is 0 Å².